The van der Waals surface area contributed by atoms with Crippen LogP contribution in [0.1, 0.15) is 37.5 Å². The zero-order chi connectivity index (χ0) is 29.3. The quantitative estimate of drug-likeness (QED) is 0.273. The van der Waals surface area contributed by atoms with Crippen LogP contribution < -0.4 is 10.2 Å². The van der Waals surface area contributed by atoms with E-state index in [9.17, 15) is 36.2 Å². The van der Waals surface area contributed by atoms with E-state index in [1.165, 1.54) is 27.1 Å². The second-order valence-electron chi connectivity index (χ2n) is 9.58. The van der Waals surface area contributed by atoms with Crippen LogP contribution in [0.2, 0.25) is 0 Å². The first-order valence-electron chi connectivity index (χ1n) is 11.7. The number of pyridine rings is 1. The smallest absolute Gasteiger partial charge is 0.392 e. The molecule has 39 heavy (non-hydrogen) atoms. The van der Waals surface area contributed by atoms with Crippen molar-refractivity contribution in [2.45, 2.75) is 44.6 Å². The summed E-state index contributed by atoms with van der Waals surface area (Å²) in [6.45, 7) is 4.32. The summed E-state index contributed by atoms with van der Waals surface area (Å²) in [4.78, 5) is 19.2. The van der Waals surface area contributed by atoms with Crippen molar-refractivity contribution in [3.05, 3.63) is 75.9 Å². The summed E-state index contributed by atoms with van der Waals surface area (Å²) in [7, 11) is 1.38. The summed E-state index contributed by atoms with van der Waals surface area (Å²) in [5.74, 6) is -0.368. The SMILES string of the molecule is C[C@H](O)CNc1cc(-c2ccccc2Br)c(N(C)C(=O)C(C)(C)c2cc(C(F)(F)F)cc(C(F)(F)F)c2)cn1. The van der Waals surface area contributed by atoms with Crippen molar-refractivity contribution in [2.75, 3.05) is 23.8 Å². The molecule has 210 valence electrons. The number of aliphatic hydroxyl groups excluding tert-OH is 1. The number of amides is 1. The Hall–Kier alpha value is -3.12. The Balaban J connectivity index is 2.12. The molecule has 0 spiro atoms. The molecule has 3 aromatic rings. The highest BCUT2D eigenvalue weighted by atomic mass is 79.9. The highest BCUT2D eigenvalue weighted by Gasteiger charge is 2.41. The van der Waals surface area contributed by atoms with Gasteiger partial charge in [-0.25, -0.2) is 4.98 Å². The number of nitrogens with one attached hydrogen (secondary N) is 1. The van der Waals surface area contributed by atoms with E-state index < -0.39 is 46.5 Å². The first-order chi connectivity index (χ1) is 17.9. The van der Waals surface area contributed by atoms with Gasteiger partial charge in [0.1, 0.15) is 5.82 Å². The van der Waals surface area contributed by atoms with E-state index in [1.807, 2.05) is 0 Å². The molecule has 1 aromatic heterocycles. The van der Waals surface area contributed by atoms with Gasteiger partial charge >= 0.3 is 12.4 Å². The van der Waals surface area contributed by atoms with Crippen molar-refractivity contribution in [1.29, 1.82) is 0 Å². The lowest BCUT2D eigenvalue weighted by Gasteiger charge is -2.32. The summed E-state index contributed by atoms with van der Waals surface area (Å²) in [5, 5.41) is 12.6. The second kappa shape index (κ2) is 11.2. The fraction of sp³-hybridized carbons (Fsp3) is 0.333. The van der Waals surface area contributed by atoms with Crippen LogP contribution in [0.5, 0.6) is 0 Å². The summed E-state index contributed by atoms with van der Waals surface area (Å²) in [6, 6.07) is 9.89. The molecule has 0 fully saturated rings. The molecule has 0 aliphatic heterocycles. The van der Waals surface area contributed by atoms with Gasteiger partial charge in [-0.3, -0.25) is 4.79 Å². The van der Waals surface area contributed by atoms with Gasteiger partial charge in [0, 0.05) is 23.6 Å². The van der Waals surface area contributed by atoms with Gasteiger partial charge in [-0.05, 0) is 62.2 Å². The van der Waals surface area contributed by atoms with E-state index in [1.54, 1.807) is 37.3 Å². The van der Waals surface area contributed by atoms with Crippen LogP contribution in [0.3, 0.4) is 0 Å². The number of aromatic nitrogens is 1. The van der Waals surface area contributed by atoms with E-state index in [0.29, 0.717) is 33.6 Å². The molecule has 2 aromatic carbocycles. The first kappa shape index (κ1) is 30.4. The fourth-order valence-electron chi connectivity index (χ4n) is 3.93. The van der Waals surface area contributed by atoms with Gasteiger partial charge in [-0.1, -0.05) is 34.1 Å². The van der Waals surface area contributed by atoms with Crippen LogP contribution in [0.25, 0.3) is 11.1 Å². The average molecular weight is 618 g/mol. The Kier molecular flexibility index (Phi) is 8.71. The Morgan fingerprint density at radius 2 is 1.51 bits per heavy atom. The van der Waals surface area contributed by atoms with Crippen LogP contribution in [-0.2, 0) is 22.6 Å². The first-order valence-corrected chi connectivity index (χ1v) is 12.5. The molecule has 0 saturated carbocycles. The minimum Gasteiger partial charge on any atom is -0.392 e. The van der Waals surface area contributed by atoms with Crippen molar-refractivity contribution >= 4 is 33.3 Å². The van der Waals surface area contributed by atoms with E-state index in [2.05, 4.69) is 26.2 Å². The number of anilines is 2. The predicted molar refractivity (Wildman–Crippen MR) is 140 cm³/mol. The number of halogens is 7. The number of carbonyl (C=O) groups is 1. The van der Waals surface area contributed by atoms with Crippen molar-refractivity contribution in [3.8, 4) is 11.1 Å². The van der Waals surface area contributed by atoms with Gasteiger partial charge in [0.15, 0.2) is 0 Å². The maximum atomic E-state index is 13.7. The Morgan fingerprint density at radius 1 is 0.974 bits per heavy atom. The lowest BCUT2D eigenvalue weighted by Crippen LogP contribution is -2.42. The third-order valence-electron chi connectivity index (χ3n) is 6.14. The number of nitrogens with zero attached hydrogens (tertiary/aromatic N) is 2. The lowest BCUT2D eigenvalue weighted by molar-refractivity contribution is -0.143. The van der Waals surface area contributed by atoms with Crippen molar-refractivity contribution in [3.63, 3.8) is 0 Å². The number of alkyl halides is 6. The van der Waals surface area contributed by atoms with Crippen LogP contribution in [0.4, 0.5) is 37.8 Å². The third-order valence-corrected chi connectivity index (χ3v) is 6.83. The highest BCUT2D eigenvalue weighted by Crippen LogP contribution is 2.41. The molecule has 2 N–H and O–H groups in total. The van der Waals surface area contributed by atoms with Gasteiger partial charge in [0.05, 0.1) is 34.5 Å². The summed E-state index contributed by atoms with van der Waals surface area (Å²) in [6.07, 6.45) is -9.39. The van der Waals surface area contributed by atoms with Gasteiger partial charge in [-0.15, -0.1) is 0 Å². The minimum atomic E-state index is -5.05. The molecule has 0 aliphatic rings. The molecular weight excluding hydrogens is 592 g/mol. The van der Waals surface area contributed by atoms with Gasteiger partial charge in [0.25, 0.3) is 0 Å². The lowest BCUT2D eigenvalue weighted by atomic mass is 9.81. The number of hydrogen-bond acceptors (Lipinski definition) is 4. The van der Waals surface area contributed by atoms with Crippen LogP contribution in [0.15, 0.2) is 59.2 Å². The maximum Gasteiger partial charge on any atom is 0.416 e. The molecular formula is C27H26BrF6N3O2. The van der Waals surface area contributed by atoms with E-state index in [-0.39, 0.29) is 18.3 Å². The molecule has 0 unspecified atom stereocenters. The number of hydrogen-bond donors (Lipinski definition) is 2. The molecule has 5 nitrogen and oxygen atoms in total. The topological polar surface area (TPSA) is 65.5 Å². The van der Waals surface area contributed by atoms with Crippen molar-refractivity contribution < 1.29 is 36.2 Å². The highest BCUT2D eigenvalue weighted by molar-refractivity contribution is 9.10. The van der Waals surface area contributed by atoms with E-state index >= 15 is 0 Å². The average Bonchev–Trinajstić information content (AvgIpc) is 2.85. The van der Waals surface area contributed by atoms with Crippen molar-refractivity contribution in [1.82, 2.24) is 4.98 Å². The minimum absolute atomic E-state index is 0.0295. The molecule has 0 saturated heterocycles. The van der Waals surface area contributed by atoms with Crippen LogP contribution >= 0.6 is 15.9 Å². The summed E-state index contributed by atoms with van der Waals surface area (Å²) >= 11 is 3.47. The molecule has 3 rings (SSSR count). The zero-order valence-electron chi connectivity index (χ0n) is 21.4. The molecule has 0 radical (unpaired) electrons. The number of likely N-dealkylation sites (N-methyl/N-ethyl adjacent to an activating group) is 1. The zero-order valence-corrected chi connectivity index (χ0v) is 23.0. The van der Waals surface area contributed by atoms with E-state index in [4.69, 9.17) is 0 Å². The Labute approximate surface area is 230 Å². The second-order valence-corrected chi connectivity index (χ2v) is 10.4. The van der Waals surface area contributed by atoms with E-state index in [0.717, 1.165) is 4.90 Å². The predicted octanol–water partition coefficient (Wildman–Crippen LogP) is 7.28. The van der Waals surface area contributed by atoms with Gasteiger partial charge in [-0.2, -0.15) is 26.3 Å². The molecule has 0 bridgehead atoms. The summed E-state index contributed by atoms with van der Waals surface area (Å²) in [5.41, 5.74) is -3.79. The molecule has 1 heterocycles. The van der Waals surface area contributed by atoms with Gasteiger partial charge in [0.2, 0.25) is 5.91 Å². The van der Waals surface area contributed by atoms with Crippen LogP contribution in [0, 0.1) is 0 Å². The maximum absolute atomic E-state index is 13.7. The molecule has 12 heteroatoms. The Morgan fingerprint density at radius 3 is 2.03 bits per heavy atom. The fourth-order valence-corrected chi connectivity index (χ4v) is 4.43. The third kappa shape index (κ3) is 6.91. The number of benzene rings is 2. The van der Waals surface area contributed by atoms with Gasteiger partial charge < -0.3 is 15.3 Å². The molecule has 1 atom stereocenters. The molecule has 0 aliphatic carbocycles. The molecule has 1 amide bonds. The standard InChI is InChI=1S/C27H26BrF6N3O2/c1-15(38)13-35-23-12-20(19-7-5-6-8-21(19)28)22(14-36-23)37(4)24(39)25(2,3)16-9-17(26(29,30)31)11-18(10-16)27(32,33)34/h5-12,14-15,38H,13H2,1-4H3,(H,35,36)/t15-/m0/s1. The Bertz CT molecular complexity index is 1320. The number of carbonyl (C=O) groups excluding carboxylic acids is 1. The summed E-state index contributed by atoms with van der Waals surface area (Å²) < 4.78 is 81.6. The number of rotatable bonds is 7. The number of aliphatic hydroxyl groups is 1. The normalized spacial score (nSPS) is 13.2. The monoisotopic (exact) mass is 617 g/mol. The van der Waals surface area contributed by atoms with Crippen molar-refractivity contribution in [2.24, 2.45) is 0 Å². The largest absolute Gasteiger partial charge is 0.416 e. The van der Waals surface area contributed by atoms with Crippen LogP contribution in [-0.4, -0.2) is 35.7 Å².